The summed E-state index contributed by atoms with van der Waals surface area (Å²) in [5.41, 5.74) is 0.0617. The molecule has 1 rings (SSSR count). The Morgan fingerprint density at radius 3 is 2.88 bits per heavy atom. The van der Waals surface area contributed by atoms with Gasteiger partial charge in [0.25, 0.3) is 5.69 Å². The van der Waals surface area contributed by atoms with Crippen molar-refractivity contribution in [3.05, 3.63) is 33.3 Å². The molecule has 0 heterocycles. The number of carbonyl (C=O) groups is 1. The van der Waals surface area contributed by atoms with Crippen LogP contribution >= 0.6 is 11.6 Å². The molecule has 0 aliphatic heterocycles. The van der Waals surface area contributed by atoms with Crippen LogP contribution in [-0.2, 0) is 9.53 Å². The SMILES string of the molecule is CCOCC(=O)Nc1cc([N+](=O)[O-])ccc1Cl. The van der Waals surface area contributed by atoms with Crippen molar-refractivity contribution in [1.82, 2.24) is 0 Å². The summed E-state index contributed by atoms with van der Waals surface area (Å²) >= 11 is 5.80. The maximum atomic E-state index is 11.3. The van der Waals surface area contributed by atoms with Crippen LogP contribution in [0.1, 0.15) is 6.92 Å². The lowest BCUT2D eigenvalue weighted by Gasteiger charge is -2.06. The van der Waals surface area contributed by atoms with E-state index in [1.807, 2.05) is 0 Å². The molecule has 0 spiro atoms. The fourth-order valence-corrected chi connectivity index (χ4v) is 1.27. The molecule has 1 N–H and O–H groups in total. The second kappa shape index (κ2) is 6.17. The predicted octanol–water partition coefficient (Wildman–Crippen LogP) is 2.22. The van der Waals surface area contributed by atoms with Gasteiger partial charge in [-0.25, -0.2) is 0 Å². The van der Waals surface area contributed by atoms with Gasteiger partial charge in [-0.15, -0.1) is 0 Å². The number of halogens is 1. The molecule has 0 bridgehead atoms. The zero-order valence-corrected chi connectivity index (χ0v) is 9.86. The van der Waals surface area contributed by atoms with E-state index in [0.717, 1.165) is 0 Å². The fourth-order valence-electron chi connectivity index (χ4n) is 1.10. The van der Waals surface area contributed by atoms with E-state index in [2.05, 4.69) is 5.32 Å². The van der Waals surface area contributed by atoms with Gasteiger partial charge in [0.2, 0.25) is 5.91 Å². The number of amides is 1. The fraction of sp³-hybridized carbons (Fsp3) is 0.300. The minimum absolute atomic E-state index is 0.116. The summed E-state index contributed by atoms with van der Waals surface area (Å²) in [7, 11) is 0. The molecule has 6 nitrogen and oxygen atoms in total. The van der Waals surface area contributed by atoms with E-state index in [-0.39, 0.29) is 23.0 Å². The number of hydrogen-bond donors (Lipinski definition) is 1. The number of nitrogens with zero attached hydrogens (tertiary/aromatic N) is 1. The number of nitro benzene ring substituents is 1. The molecule has 0 unspecified atom stereocenters. The molecule has 0 fully saturated rings. The van der Waals surface area contributed by atoms with E-state index in [9.17, 15) is 14.9 Å². The molecular formula is C10H11ClN2O4. The van der Waals surface area contributed by atoms with Crippen molar-refractivity contribution in [2.24, 2.45) is 0 Å². The Morgan fingerprint density at radius 2 is 2.29 bits per heavy atom. The van der Waals surface area contributed by atoms with Crippen LogP contribution < -0.4 is 5.32 Å². The Balaban J connectivity index is 2.79. The average Bonchev–Trinajstić information content (AvgIpc) is 2.29. The molecule has 1 amide bonds. The van der Waals surface area contributed by atoms with Crippen LogP contribution in [0.2, 0.25) is 5.02 Å². The Kier molecular flexibility index (Phi) is 4.86. The third kappa shape index (κ3) is 4.01. The van der Waals surface area contributed by atoms with Crippen LogP contribution in [0.5, 0.6) is 0 Å². The first-order valence-corrected chi connectivity index (χ1v) is 5.24. The zero-order valence-electron chi connectivity index (χ0n) is 9.10. The van der Waals surface area contributed by atoms with Crippen LogP contribution in [0.15, 0.2) is 18.2 Å². The first-order valence-electron chi connectivity index (χ1n) is 4.86. The minimum Gasteiger partial charge on any atom is -0.372 e. The lowest BCUT2D eigenvalue weighted by Crippen LogP contribution is -2.18. The van der Waals surface area contributed by atoms with Crippen molar-refractivity contribution in [3.8, 4) is 0 Å². The first-order chi connectivity index (χ1) is 8.04. The number of anilines is 1. The number of hydrogen-bond acceptors (Lipinski definition) is 4. The molecule has 0 radical (unpaired) electrons. The zero-order chi connectivity index (χ0) is 12.8. The van der Waals surface area contributed by atoms with Crippen LogP contribution in [-0.4, -0.2) is 24.0 Å². The van der Waals surface area contributed by atoms with Gasteiger partial charge >= 0.3 is 0 Å². The van der Waals surface area contributed by atoms with Gasteiger partial charge in [0.05, 0.1) is 15.6 Å². The number of carbonyl (C=O) groups excluding carboxylic acids is 1. The molecule has 0 atom stereocenters. The Morgan fingerprint density at radius 1 is 1.59 bits per heavy atom. The standard InChI is InChI=1S/C10H11ClN2O4/c1-2-17-6-10(14)12-9-5-7(13(15)16)3-4-8(9)11/h3-5H,2,6H2,1H3,(H,12,14). The Labute approximate surface area is 103 Å². The highest BCUT2D eigenvalue weighted by Crippen LogP contribution is 2.26. The maximum Gasteiger partial charge on any atom is 0.271 e. The number of nitrogens with one attached hydrogen (secondary N) is 1. The van der Waals surface area contributed by atoms with E-state index in [1.54, 1.807) is 6.92 Å². The highest BCUT2D eigenvalue weighted by atomic mass is 35.5. The van der Waals surface area contributed by atoms with Gasteiger partial charge in [-0.1, -0.05) is 11.6 Å². The topological polar surface area (TPSA) is 81.5 Å². The molecule has 1 aromatic rings. The smallest absolute Gasteiger partial charge is 0.271 e. The van der Waals surface area contributed by atoms with E-state index in [4.69, 9.17) is 16.3 Å². The summed E-state index contributed by atoms with van der Waals surface area (Å²) in [6.07, 6.45) is 0. The van der Waals surface area contributed by atoms with Crippen molar-refractivity contribution in [2.45, 2.75) is 6.92 Å². The number of rotatable bonds is 5. The van der Waals surface area contributed by atoms with Gasteiger partial charge in [-0.2, -0.15) is 0 Å². The van der Waals surface area contributed by atoms with Crippen molar-refractivity contribution >= 4 is 28.9 Å². The molecule has 0 aromatic heterocycles. The summed E-state index contributed by atoms with van der Waals surface area (Å²) < 4.78 is 4.90. The van der Waals surface area contributed by atoms with Crippen molar-refractivity contribution in [2.75, 3.05) is 18.5 Å². The van der Waals surface area contributed by atoms with Gasteiger partial charge in [0, 0.05) is 18.7 Å². The molecule has 1 aromatic carbocycles. The molecule has 0 aliphatic rings. The van der Waals surface area contributed by atoms with Gasteiger partial charge in [0.15, 0.2) is 0 Å². The van der Waals surface area contributed by atoms with Crippen LogP contribution in [0.4, 0.5) is 11.4 Å². The van der Waals surface area contributed by atoms with Crippen molar-refractivity contribution in [3.63, 3.8) is 0 Å². The number of ether oxygens (including phenoxy) is 1. The van der Waals surface area contributed by atoms with Gasteiger partial charge < -0.3 is 10.1 Å². The molecular weight excluding hydrogens is 248 g/mol. The highest BCUT2D eigenvalue weighted by Gasteiger charge is 2.11. The molecule has 0 saturated heterocycles. The highest BCUT2D eigenvalue weighted by molar-refractivity contribution is 6.33. The lowest BCUT2D eigenvalue weighted by molar-refractivity contribution is -0.384. The molecule has 0 saturated carbocycles. The Hall–Kier alpha value is -1.66. The molecule has 92 valence electrons. The van der Waals surface area contributed by atoms with Crippen molar-refractivity contribution in [1.29, 1.82) is 0 Å². The van der Waals surface area contributed by atoms with Crippen molar-refractivity contribution < 1.29 is 14.5 Å². The van der Waals surface area contributed by atoms with E-state index in [0.29, 0.717) is 6.61 Å². The number of benzene rings is 1. The van der Waals surface area contributed by atoms with E-state index < -0.39 is 10.8 Å². The summed E-state index contributed by atoms with van der Waals surface area (Å²) in [6, 6.07) is 3.82. The second-order valence-corrected chi connectivity index (χ2v) is 3.51. The normalized spacial score (nSPS) is 10.0. The summed E-state index contributed by atoms with van der Waals surface area (Å²) in [5, 5.41) is 13.2. The van der Waals surface area contributed by atoms with Crippen LogP contribution in [0, 0.1) is 10.1 Å². The summed E-state index contributed by atoms with van der Waals surface area (Å²) in [4.78, 5) is 21.3. The van der Waals surface area contributed by atoms with Gasteiger partial charge in [-0.05, 0) is 13.0 Å². The third-order valence-electron chi connectivity index (χ3n) is 1.87. The summed E-state index contributed by atoms with van der Waals surface area (Å²) in [6.45, 7) is 2.05. The maximum absolute atomic E-state index is 11.3. The average molecular weight is 259 g/mol. The molecule has 17 heavy (non-hydrogen) atoms. The lowest BCUT2D eigenvalue weighted by atomic mass is 10.3. The quantitative estimate of drug-likeness (QED) is 0.648. The Bertz CT molecular complexity index is 436. The first kappa shape index (κ1) is 13.4. The minimum atomic E-state index is -0.561. The number of non-ortho nitro benzene ring substituents is 1. The van der Waals surface area contributed by atoms with E-state index in [1.165, 1.54) is 18.2 Å². The van der Waals surface area contributed by atoms with Gasteiger partial charge in [-0.3, -0.25) is 14.9 Å². The predicted molar refractivity (Wildman–Crippen MR) is 63.2 cm³/mol. The molecule has 0 aliphatic carbocycles. The van der Waals surface area contributed by atoms with Crippen LogP contribution in [0.3, 0.4) is 0 Å². The third-order valence-corrected chi connectivity index (χ3v) is 2.20. The van der Waals surface area contributed by atoms with Gasteiger partial charge in [0.1, 0.15) is 6.61 Å². The monoisotopic (exact) mass is 258 g/mol. The second-order valence-electron chi connectivity index (χ2n) is 3.11. The molecule has 7 heteroatoms. The number of nitro groups is 1. The van der Waals surface area contributed by atoms with Crippen LogP contribution in [0.25, 0.3) is 0 Å². The summed E-state index contributed by atoms with van der Waals surface area (Å²) in [5.74, 6) is -0.408. The van der Waals surface area contributed by atoms with E-state index >= 15 is 0 Å². The largest absolute Gasteiger partial charge is 0.372 e.